The molecule has 1 aromatic carbocycles. The Kier molecular flexibility index (Phi) is 4.43. The standard InChI is InChI=1S/C15H22N2O2/c1-10-4-5-14(19-3)13(8-10)17-15(18)12-6-7-16-11(2)9-12/h4-5,8,11-12,16H,6-7,9H2,1-3H3,(H,17,18). The van der Waals surface area contributed by atoms with Crippen molar-refractivity contribution in [2.45, 2.75) is 32.7 Å². The predicted molar refractivity (Wildman–Crippen MR) is 76.5 cm³/mol. The molecule has 1 saturated heterocycles. The molecule has 0 aromatic heterocycles. The first-order valence-corrected chi connectivity index (χ1v) is 6.79. The van der Waals surface area contributed by atoms with Crippen LogP contribution in [0.4, 0.5) is 5.69 Å². The molecular formula is C15H22N2O2. The molecule has 1 aliphatic heterocycles. The van der Waals surface area contributed by atoms with Gasteiger partial charge in [-0.3, -0.25) is 4.79 Å². The molecule has 4 heteroatoms. The van der Waals surface area contributed by atoms with Crippen LogP contribution >= 0.6 is 0 Å². The Morgan fingerprint density at radius 1 is 1.47 bits per heavy atom. The third-order valence-corrected chi connectivity index (χ3v) is 3.61. The molecule has 2 N–H and O–H groups in total. The summed E-state index contributed by atoms with van der Waals surface area (Å²) >= 11 is 0. The lowest BCUT2D eigenvalue weighted by Gasteiger charge is -2.27. The van der Waals surface area contributed by atoms with Gasteiger partial charge in [0.25, 0.3) is 0 Å². The number of hydrogen-bond donors (Lipinski definition) is 2. The Morgan fingerprint density at radius 2 is 2.26 bits per heavy atom. The molecule has 0 saturated carbocycles. The number of benzene rings is 1. The molecule has 1 amide bonds. The topological polar surface area (TPSA) is 50.4 Å². The van der Waals surface area contributed by atoms with E-state index in [1.54, 1.807) is 7.11 Å². The minimum Gasteiger partial charge on any atom is -0.495 e. The van der Waals surface area contributed by atoms with Gasteiger partial charge in [0.05, 0.1) is 12.8 Å². The van der Waals surface area contributed by atoms with Gasteiger partial charge < -0.3 is 15.4 Å². The third kappa shape index (κ3) is 3.47. The number of piperidine rings is 1. The van der Waals surface area contributed by atoms with E-state index < -0.39 is 0 Å². The van der Waals surface area contributed by atoms with E-state index in [1.807, 2.05) is 25.1 Å². The summed E-state index contributed by atoms with van der Waals surface area (Å²) in [4.78, 5) is 12.3. The van der Waals surface area contributed by atoms with Crippen LogP contribution in [0, 0.1) is 12.8 Å². The first-order chi connectivity index (χ1) is 9.10. The number of carbonyl (C=O) groups is 1. The summed E-state index contributed by atoms with van der Waals surface area (Å²) < 4.78 is 5.28. The number of nitrogens with one attached hydrogen (secondary N) is 2. The fourth-order valence-corrected chi connectivity index (χ4v) is 2.52. The highest BCUT2D eigenvalue weighted by atomic mass is 16.5. The van der Waals surface area contributed by atoms with Gasteiger partial charge in [-0.25, -0.2) is 0 Å². The number of rotatable bonds is 3. The summed E-state index contributed by atoms with van der Waals surface area (Å²) in [7, 11) is 1.62. The maximum Gasteiger partial charge on any atom is 0.227 e. The van der Waals surface area contributed by atoms with E-state index >= 15 is 0 Å². The first-order valence-electron chi connectivity index (χ1n) is 6.79. The Bertz CT molecular complexity index is 459. The van der Waals surface area contributed by atoms with Gasteiger partial charge in [-0.1, -0.05) is 6.07 Å². The van der Waals surface area contributed by atoms with Gasteiger partial charge in [0.2, 0.25) is 5.91 Å². The molecule has 0 radical (unpaired) electrons. The van der Waals surface area contributed by atoms with Crippen molar-refractivity contribution in [1.82, 2.24) is 5.32 Å². The van der Waals surface area contributed by atoms with Crippen LogP contribution in [0.25, 0.3) is 0 Å². The first kappa shape index (κ1) is 13.9. The minimum atomic E-state index is 0.0847. The smallest absolute Gasteiger partial charge is 0.227 e. The van der Waals surface area contributed by atoms with Crippen LogP contribution in [0.3, 0.4) is 0 Å². The van der Waals surface area contributed by atoms with Gasteiger partial charge in [-0.05, 0) is 50.9 Å². The molecule has 1 aromatic rings. The molecule has 19 heavy (non-hydrogen) atoms. The van der Waals surface area contributed by atoms with Crippen LogP contribution < -0.4 is 15.4 Å². The number of aryl methyl sites for hydroxylation is 1. The number of anilines is 1. The number of amides is 1. The van der Waals surface area contributed by atoms with E-state index in [1.165, 1.54) is 0 Å². The van der Waals surface area contributed by atoms with Crippen molar-refractivity contribution in [2.75, 3.05) is 19.0 Å². The molecule has 0 aliphatic carbocycles. The SMILES string of the molecule is COc1ccc(C)cc1NC(=O)C1CCNC(C)C1. The second-order valence-corrected chi connectivity index (χ2v) is 5.27. The minimum absolute atomic E-state index is 0.0847. The average molecular weight is 262 g/mol. The van der Waals surface area contributed by atoms with Gasteiger partial charge in [-0.2, -0.15) is 0 Å². The lowest BCUT2D eigenvalue weighted by atomic mass is 9.92. The van der Waals surface area contributed by atoms with E-state index in [-0.39, 0.29) is 11.8 Å². The van der Waals surface area contributed by atoms with Crippen molar-refractivity contribution in [2.24, 2.45) is 5.92 Å². The van der Waals surface area contributed by atoms with Crippen LogP contribution in [0.15, 0.2) is 18.2 Å². The van der Waals surface area contributed by atoms with Crippen molar-refractivity contribution in [1.29, 1.82) is 0 Å². The monoisotopic (exact) mass is 262 g/mol. The van der Waals surface area contributed by atoms with Gasteiger partial charge in [0.1, 0.15) is 5.75 Å². The fraction of sp³-hybridized carbons (Fsp3) is 0.533. The van der Waals surface area contributed by atoms with Crippen molar-refractivity contribution < 1.29 is 9.53 Å². The molecule has 2 rings (SSSR count). The van der Waals surface area contributed by atoms with Gasteiger partial charge in [-0.15, -0.1) is 0 Å². The lowest BCUT2D eigenvalue weighted by molar-refractivity contribution is -0.120. The second kappa shape index (κ2) is 6.06. The summed E-state index contributed by atoms with van der Waals surface area (Å²) in [5, 5.41) is 6.36. The van der Waals surface area contributed by atoms with E-state index in [4.69, 9.17) is 4.74 Å². The third-order valence-electron chi connectivity index (χ3n) is 3.61. The normalized spacial score (nSPS) is 22.9. The van der Waals surface area contributed by atoms with Gasteiger partial charge >= 0.3 is 0 Å². The highest BCUT2D eigenvalue weighted by Crippen LogP contribution is 2.27. The quantitative estimate of drug-likeness (QED) is 0.879. The molecule has 2 atom stereocenters. The molecule has 2 unspecified atom stereocenters. The van der Waals surface area contributed by atoms with Crippen LogP contribution in [-0.4, -0.2) is 25.6 Å². The van der Waals surface area contributed by atoms with Crippen LogP contribution in [-0.2, 0) is 4.79 Å². The fourth-order valence-electron chi connectivity index (χ4n) is 2.52. The number of methoxy groups -OCH3 is 1. The molecule has 0 spiro atoms. The molecular weight excluding hydrogens is 240 g/mol. The molecule has 1 fully saturated rings. The average Bonchev–Trinajstić information content (AvgIpc) is 2.39. The predicted octanol–water partition coefficient (Wildman–Crippen LogP) is 2.33. The van der Waals surface area contributed by atoms with Crippen LogP contribution in [0.1, 0.15) is 25.3 Å². The largest absolute Gasteiger partial charge is 0.495 e. The Morgan fingerprint density at radius 3 is 2.95 bits per heavy atom. The van der Waals surface area contributed by atoms with Gasteiger partial charge in [0.15, 0.2) is 0 Å². The summed E-state index contributed by atoms with van der Waals surface area (Å²) in [6, 6.07) is 6.21. The molecule has 1 aliphatic rings. The second-order valence-electron chi connectivity index (χ2n) is 5.27. The van der Waals surface area contributed by atoms with E-state index in [9.17, 15) is 4.79 Å². The van der Waals surface area contributed by atoms with E-state index in [0.29, 0.717) is 11.8 Å². The molecule has 0 bridgehead atoms. The molecule has 4 nitrogen and oxygen atoms in total. The Labute approximate surface area is 114 Å². The number of ether oxygens (including phenoxy) is 1. The van der Waals surface area contributed by atoms with E-state index in [2.05, 4.69) is 17.6 Å². The lowest BCUT2D eigenvalue weighted by Crippen LogP contribution is -2.40. The zero-order valence-corrected chi connectivity index (χ0v) is 11.8. The number of carbonyl (C=O) groups excluding carboxylic acids is 1. The summed E-state index contributed by atoms with van der Waals surface area (Å²) in [5.74, 6) is 0.889. The maximum atomic E-state index is 12.3. The zero-order valence-electron chi connectivity index (χ0n) is 11.8. The molecule has 104 valence electrons. The molecule has 1 heterocycles. The van der Waals surface area contributed by atoms with E-state index in [0.717, 1.165) is 30.6 Å². The summed E-state index contributed by atoms with van der Waals surface area (Å²) in [5.41, 5.74) is 1.87. The van der Waals surface area contributed by atoms with Crippen molar-refractivity contribution in [3.8, 4) is 5.75 Å². The summed E-state index contributed by atoms with van der Waals surface area (Å²) in [6.45, 7) is 5.03. The van der Waals surface area contributed by atoms with Crippen molar-refractivity contribution in [3.05, 3.63) is 23.8 Å². The number of hydrogen-bond acceptors (Lipinski definition) is 3. The summed E-state index contributed by atoms with van der Waals surface area (Å²) in [6.07, 6.45) is 1.78. The Hall–Kier alpha value is -1.55. The van der Waals surface area contributed by atoms with Crippen molar-refractivity contribution in [3.63, 3.8) is 0 Å². The van der Waals surface area contributed by atoms with Crippen LogP contribution in [0.5, 0.6) is 5.75 Å². The maximum absolute atomic E-state index is 12.3. The van der Waals surface area contributed by atoms with Crippen molar-refractivity contribution >= 4 is 11.6 Å². The highest BCUT2D eigenvalue weighted by Gasteiger charge is 2.25. The Balaban J connectivity index is 2.07. The highest BCUT2D eigenvalue weighted by molar-refractivity contribution is 5.94. The van der Waals surface area contributed by atoms with Crippen LogP contribution in [0.2, 0.25) is 0 Å². The van der Waals surface area contributed by atoms with Gasteiger partial charge in [0, 0.05) is 12.0 Å². The zero-order chi connectivity index (χ0) is 13.8.